The van der Waals surface area contributed by atoms with Gasteiger partial charge in [-0.2, -0.15) is 0 Å². The fraction of sp³-hybridized carbons (Fsp3) is 0.857. The van der Waals surface area contributed by atoms with E-state index in [0.29, 0.717) is 25.7 Å². The van der Waals surface area contributed by atoms with Gasteiger partial charge in [-0.15, -0.1) is 0 Å². The quantitative estimate of drug-likeness (QED) is 0.408. The number of hydrogen-bond acceptors (Lipinski definition) is 3. The highest BCUT2D eigenvalue weighted by Crippen LogP contribution is 2.08. The Morgan fingerprint density at radius 3 is 2.60 bits per heavy atom. The number of likely N-dealkylation sites (tertiary alicyclic amines) is 1. The molecular weight excluding hydrogens is 256 g/mol. The third kappa shape index (κ3) is 6.75. The Labute approximate surface area is 122 Å². The summed E-state index contributed by atoms with van der Waals surface area (Å²) >= 11 is 0. The van der Waals surface area contributed by atoms with Crippen molar-refractivity contribution >= 4 is 11.9 Å². The number of ether oxygens (including phenoxy) is 1. The molecule has 116 valence electrons. The number of rotatable bonds is 7. The van der Waals surface area contributed by atoms with Crippen LogP contribution < -0.4 is 10.6 Å². The fourth-order valence-electron chi connectivity index (χ4n) is 2.12. The average Bonchev–Trinajstić information content (AvgIpc) is 2.49. The molecule has 6 nitrogen and oxygen atoms in total. The zero-order valence-electron chi connectivity index (χ0n) is 12.8. The Balaban J connectivity index is 2.34. The van der Waals surface area contributed by atoms with Gasteiger partial charge in [0.2, 0.25) is 5.91 Å². The van der Waals surface area contributed by atoms with Crippen LogP contribution in [0.3, 0.4) is 0 Å². The van der Waals surface area contributed by atoms with Gasteiger partial charge in [0.05, 0.1) is 6.61 Å². The second-order valence-electron chi connectivity index (χ2n) is 4.76. The molecule has 0 aliphatic carbocycles. The molecule has 1 fully saturated rings. The van der Waals surface area contributed by atoms with Gasteiger partial charge in [0.15, 0.2) is 5.96 Å². The second-order valence-corrected chi connectivity index (χ2v) is 4.76. The lowest BCUT2D eigenvalue weighted by atomic mass is 10.1. The van der Waals surface area contributed by atoms with Gasteiger partial charge in [0.1, 0.15) is 6.54 Å². The maximum Gasteiger partial charge on any atom is 0.244 e. The molecule has 0 aromatic carbocycles. The Morgan fingerprint density at radius 1 is 1.20 bits per heavy atom. The molecule has 0 radical (unpaired) electrons. The van der Waals surface area contributed by atoms with Crippen molar-refractivity contribution in [2.24, 2.45) is 4.99 Å². The van der Waals surface area contributed by atoms with Crippen LogP contribution in [0.5, 0.6) is 0 Å². The third-order valence-corrected chi connectivity index (χ3v) is 3.17. The minimum atomic E-state index is 0.117. The lowest BCUT2D eigenvalue weighted by Crippen LogP contribution is -2.41. The van der Waals surface area contributed by atoms with Crippen LogP contribution in [0.15, 0.2) is 4.99 Å². The predicted octanol–water partition coefficient (Wildman–Crippen LogP) is 0.591. The first-order chi connectivity index (χ1) is 9.77. The Hall–Kier alpha value is -1.30. The maximum absolute atomic E-state index is 12.0. The summed E-state index contributed by atoms with van der Waals surface area (Å²) in [5.74, 6) is 0.796. The largest absolute Gasteiger partial charge is 0.380 e. The lowest BCUT2D eigenvalue weighted by Gasteiger charge is -2.26. The first kappa shape index (κ1) is 16.8. The number of aliphatic imine (C=N–C) groups is 1. The molecule has 0 unspecified atom stereocenters. The van der Waals surface area contributed by atoms with Crippen molar-refractivity contribution in [3.63, 3.8) is 0 Å². The van der Waals surface area contributed by atoms with E-state index in [0.717, 1.165) is 32.5 Å². The summed E-state index contributed by atoms with van der Waals surface area (Å²) in [5, 5.41) is 6.29. The lowest BCUT2D eigenvalue weighted by molar-refractivity contribution is -0.130. The number of amides is 1. The van der Waals surface area contributed by atoms with Crippen LogP contribution in [0.2, 0.25) is 0 Å². The molecule has 0 aromatic heterocycles. The zero-order chi connectivity index (χ0) is 14.6. The van der Waals surface area contributed by atoms with Gasteiger partial charge in [-0.1, -0.05) is 0 Å². The van der Waals surface area contributed by atoms with Crippen LogP contribution >= 0.6 is 0 Å². The predicted molar refractivity (Wildman–Crippen MR) is 80.9 cm³/mol. The Morgan fingerprint density at radius 2 is 1.95 bits per heavy atom. The van der Waals surface area contributed by atoms with Gasteiger partial charge in [0, 0.05) is 32.8 Å². The van der Waals surface area contributed by atoms with Gasteiger partial charge in [-0.25, -0.2) is 4.99 Å². The number of carbonyl (C=O) groups excluding carboxylic acids is 1. The normalized spacial score (nSPS) is 16.1. The van der Waals surface area contributed by atoms with E-state index < -0.39 is 0 Å². The van der Waals surface area contributed by atoms with E-state index in [4.69, 9.17) is 4.74 Å². The molecule has 1 saturated heterocycles. The highest BCUT2D eigenvalue weighted by atomic mass is 16.5. The standard InChI is InChI=1S/C14H28N4O2/c1-3-15-14(16-8-11-20-4-2)17-12-13(19)18-9-6-5-7-10-18/h3-12H2,1-2H3,(H2,15,16,17). The van der Waals surface area contributed by atoms with E-state index in [2.05, 4.69) is 15.6 Å². The molecule has 0 atom stereocenters. The Kier molecular flexibility index (Phi) is 8.78. The minimum absolute atomic E-state index is 0.117. The smallest absolute Gasteiger partial charge is 0.244 e. The summed E-state index contributed by atoms with van der Waals surface area (Å²) in [6.07, 6.45) is 3.46. The molecule has 0 saturated carbocycles. The van der Waals surface area contributed by atoms with Crippen LogP contribution in [0.1, 0.15) is 33.1 Å². The van der Waals surface area contributed by atoms with Gasteiger partial charge in [-0.05, 0) is 33.1 Å². The van der Waals surface area contributed by atoms with E-state index in [1.165, 1.54) is 6.42 Å². The molecule has 1 amide bonds. The van der Waals surface area contributed by atoms with Crippen LogP contribution in [0.4, 0.5) is 0 Å². The summed E-state index contributed by atoms with van der Waals surface area (Å²) < 4.78 is 5.26. The van der Waals surface area contributed by atoms with Crippen molar-refractivity contribution in [2.75, 3.05) is 45.9 Å². The monoisotopic (exact) mass is 284 g/mol. The van der Waals surface area contributed by atoms with Crippen LogP contribution in [0.25, 0.3) is 0 Å². The van der Waals surface area contributed by atoms with E-state index in [-0.39, 0.29) is 12.5 Å². The van der Waals surface area contributed by atoms with Gasteiger partial charge >= 0.3 is 0 Å². The molecule has 1 rings (SSSR count). The van der Waals surface area contributed by atoms with E-state index in [1.54, 1.807) is 0 Å². The fourth-order valence-corrected chi connectivity index (χ4v) is 2.12. The average molecular weight is 284 g/mol. The van der Waals surface area contributed by atoms with Crippen molar-refractivity contribution in [3.8, 4) is 0 Å². The van der Waals surface area contributed by atoms with Crippen molar-refractivity contribution in [1.29, 1.82) is 0 Å². The molecule has 1 aliphatic rings. The highest BCUT2D eigenvalue weighted by Gasteiger charge is 2.15. The first-order valence-electron chi connectivity index (χ1n) is 7.65. The summed E-state index contributed by atoms with van der Waals surface area (Å²) in [5.41, 5.74) is 0. The minimum Gasteiger partial charge on any atom is -0.380 e. The molecule has 0 bridgehead atoms. The number of nitrogens with one attached hydrogen (secondary N) is 2. The number of hydrogen-bond donors (Lipinski definition) is 2. The maximum atomic E-state index is 12.0. The topological polar surface area (TPSA) is 66.0 Å². The van der Waals surface area contributed by atoms with Crippen molar-refractivity contribution in [1.82, 2.24) is 15.5 Å². The van der Waals surface area contributed by atoms with Crippen molar-refractivity contribution < 1.29 is 9.53 Å². The van der Waals surface area contributed by atoms with Crippen LogP contribution in [-0.4, -0.2) is 62.7 Å². The summed E-state index contributed by atoms with van der Waals surface area (Å²) in [4.78, 5) is 18.3. The molecular formula is C14H28N4O2. The molecule has 2 N–H and O–H groups in total. The van der Waals surface area contributed by atoms with E-state index in [9.17, 15) is 4.79 Å². The molecule has 6 heteroatoms. The number of guanidine groups is 1. The Bertz CT molecular complexity index is 302. The number of piperidine rings is 1. The summed E-state index contributed by atoms with van der Waals surface area (Å²) in [6.45, 7) is 8.76. The van der Waals surface area contributed by atoms with Gasteiger partial charge < -0.3 is 20.3 Å². The second kappa shape index (κ2) is 10.5. The van der Waals surface area contributed by atoms with Gasteiger partial charge in [0.25, 0.3) is 0 Å². The van der Waals surface area contributed by atoms with Crippen molar-refractivity contribution in [2.45, 2.75) is 33.1 Å². The van der Waals surface area contributed by atoms with Crippen molar-refractivity contribution in [3.05, 3.63) is 0 Å². The number of carbonyl (C=O) groups is 1. The SMILES string of the molecule is CCNC(=NCC(=O)N1CCCCC1)NCCOCC. The van der Waals surface area contributed by atoms with E-state index >= 15 is 0 Å². The summed E-state index contributed by atoms with van der Waals surface area (Å²) in [6, 6.07) is 0. The molecule has 0 aromatic rings. The molecule has 1 heterocycles. The summed E-state index contributed by atoms with van der Waals surface area (Å²) in [7, 11) is 0. The highest BCUT2D eigenvalue weighted by molar-refractivity contribution is 5.84. The van der Waals surface area contributed by atoms with Crippen LogP contribution in [-0.2, 0) is 9.53 Å². The zero-order valence-corrected chi connectivity index (χ0v) is 12.8. The van der Waals surface area contributed by atoms with E-state index in [1.807, 2.05) is 18.7 Å². The van der Waals surface area contributed by atoms with Gasteiger partial charge in [-0.3, -0.25) is 4.79 Å². The molecule has 0 spiro atoms. The molecule has 1 aliphatic heterocycles. The van der Waals surface area contributed by atoms with Crippen LogP contribution in [0, 0.1) is 0 Å². The molecule has 20 heavy (non-hydrogen) atoms. The third-order valence-electron chi connectivity index (χ3n) is 3.17. The first-order valence-corrected chi connectivity index (χ1v) is 7.65. The number of nitrogens with zero attached hydrogens (tertiary/aromatic N) is 2.